The number of carbonyl (C=O) groups is 1. The van der Waals surface area contributed by atoms with Crippen LogP contribution in [0.3, 0.4) is 0 Å². The molecule has 14 nitrogen and oxygen atoms in total. The molecular weight excluding hydrogens is 883 g/mol. The molecule has 2 saturated heterocycles. The maximum absolute atomic E-state index is 13.2. The summed E-state index contributed by atoms with van der Waals surface area (Å²) in [6.45, 7) is 2.88. The molecule has 9 N–H and O–H groups in total. The molecular formula is C55H107NO13. The molecule has 0 aromatic carbocycles. The van der Waals surface area contributed by atoms with Gasteiger partial charge in [-0.3, -0.25) is 4.79 Å². The largest absolute Gasteiger partial charge is 0.394 e. The van der Waals surface area contributed by atoms with Gasteiger partial charge in [0.2, 0.25) is 5.91 Å². The van der Waals surface area contributed by atoms with Crippen molar-refractivity contribution in [1.29, 1.82) is 0 Å². The zero-order chi connectivity index (χ0) is 50.3. The minimum Gasteiger partial charge on any atom is -0.394 e. The molecule has 0 radical (unpaired) electrons. The highest BCUT2D eigenvalue weighted by Crippen LogP contribution is 2.30. The Bertz CT molecular complexity index is 1170. The van der Waals surface area contributed by atoms with E-state index in [4.69, 9.17) is 18.9 Å². The first kappa shape index (κ1) is 64.1. The first-order valence-corrected chi connectivity index (χ1v) is 28.8. The Labute approximate surface area is 419 Å². The van der Waals surface area contributed by atoms with Crippen LogP contribution in [0.4, 0.5) is 0 Å². The lowest BCUT2D eigenvalue weighted by molar-refractivity contribution is -0.359. The molecule has 410 valence electrons. The number of rotatable bonds is 46. The second-order valence-electron chi connectivity index (χ2n) is 20.8. The van der Waals surface area contributed by atoms with Gasteiger partial charge in [-0.05, 0) is 12.8 Å². The smallest absolute Gasteiger partial charge is 0.220 e. The average Bonchev–Trinajstić information content (AvgIpc) is 3.35. The summed E-state index contributed by atoms with van der Waals surface area (Å²) in [5.41, 5.74) is 0. The molecule has 1 amide bonds. The number of aliphatic hydroxyl groups is 8. The third-order valence-electron chi connectivity index (χ3n) is 14.6. The highest BCUT2D eigenvalue weighted by molar-refractivity contribution is 5.76. The lowest BCUT2D eigenvalue weighted by Crippen LogP contribution is -2.65. The van der Waals surface area contributed by atoms with Gasteiger partial charge in [0.15, 0.2) is 12.6 Å². The first-order chi connectivity index (χ1) is 33.6. The van der Waals surface area contributed by atoms with Gasteiger partial charge in [0.1, 0.15) is 48.8 Å². The van der Waals surface area contributed by atoms with Crippen molar-refractivity contribution >= 4 is 5.91 Å². The van der Waals surface area contributed by atoms with Crippen LogP contribution in [0.1, 0.15) is 251 Å². The van der Waals surface area contributed by atoms with E-state index >= 15 is 0 Å². The number of carbonyl (C=O) groups excluding carboxylic acids is 1. The van der Waals surface area contributed by atoms with Gasteiger partial charge in [-0.25, -0.2) is 0 Å². The van der Waals surface area contributed by atoms with E-state index in [2.05, 4.69) is 19.2 Å². The molecule has 0 aromatic rings. The van der Waals surface area contributed by atoms with Gasteiger partial charge in [0, 0.05) is 6.42 Å². The number of aliphatic hydroxyl groups excluding tert-OH is 8. The van der Waals surface area contributed by atoms with Crippen LogP contribution in [-0.2, 0) is 23.7 Å². The van der Waals surface area contributed by atoms with Crippen molar-refractivity contribution in [3.63, 3.8) is 0 Å². The summed E-state index contributed by atoms with van der Waals surface area (Å²) < 4.78 is 22.8. The van der Waals surface area contributed by atoms with E-state index in [-0.39, 0.29) is 12.5 Å². The predicted molar refractivity (Wildman–Crippen MR) is 272 cm³/mol. The van der Waals surface area contributed by atoms with Crippen LogP contribution in [0, 0.1) is 0 Å². The number of amides is 1. The molecule has 2 rings (SSSR count). The number of hydrogen-bond acceptors (Lipinski definition) is 13. The topological polar surface area (TPSA) is 228 Å². The van der Waals surface area contributed by atoms with E-state index in [1.807, 2.05) is 0 Å². The zero-order valence-corrected chi connectivity index (χ0v) is 43.8. The average molecular weight is 990 g/mol. The molecule has 12 atom stereocenters. The summed E-state index contributed by atoms with van der Waals surface area (Å²) in [5, 5.41) is 87.1. The molecule has 0 saturated carbocycles. The summed E-state index contributed by atoms with van der Waals surface area (Å²) in [6, 6.07) is -0.821. The lowest BCUT2D eigenvalue weighted by atomic mass is 9.97. The summed E-state index contributed by atoms with van der Waals surface area (Å²) in [6.07, 6.45) is 28.2. The summed E-state index contributed by atoms with van der Waals surface area (Å²) in [4.78, 5) is 13.2. The number of hydrogen-bond donors (Lipinski definition) is 9. The highest BCUT2D eigenvalue weighted by Gasteiger charge is 2.51. The van der Waals surface area contributed by atoms with Crippen molar-refractivity contribution in [2.45, 2.75) is 325 Å². The molecule has 0 aliphatic carbocycles. The molecule has 0 bridgehead atoms. The fourth-order valence-electron chi connectivity index (χ4n) is 9.89. The third kappa shape index (κ3) is 28.9. The van der Waals surface area contributed by atoms with Crippen LogP contribution in [-0.4, -0.2) is 140 Å². The summed E-state index contributed by atoms with van der Waals surface area (Å²) >= 11 is 0. The second kappa shape index (κ2) is 42.4. The summed E-state index contributed by atoms with van der Waals surface area (Å²) in [5.74, 6) is -0.201. The van der Waals surface area contributed by atoms with E-state index in [1.165, 1.54) is 173 Å². The van der Waals surface area contributed by atoms with E-state index in [0.29, 0.717) is 12.8 Å². The highest BCUT2D eigenvalue weighted by atomic mass is 16.7. The Balaban J connectivity index is 1.74. The van der Waals surface area contributed by atoms with Crippen molar-refractivity contribution in [2.24, 2.45) is 0 Å². The van der Waals surface area contributed by atoms with Crippen LogP contribution >= 0.6 is 0 Å². The Morgan fingerprint density at radius 3 is 1.23 bits per heavy atom. The van der Waals surface area contributed by atoms with Crippen molar-refractivity contribution in [3.8, 4) is 0 Å². The number of nitrogens with one attached hydrogen (secondary N) is 1. The monoisotopic (exact) mass is 990 g/mol. The van der Waals surface area contributed by atoms with E-state index in [1.54, 1.807) is 0 Å². The van der Waals surface area contributed by atoms with Crippen LogP contribution in [0.25, 0.3) is 0 Å². The van der Waals surface area contributed by atoms with Gasteiger partial charge >= 0.3 is 0 Å². The molecule has 2 aliphatic rings. The van der Waals surface area contributed by atoms with Gasteiger partial charge in [0.05, 0.1) is 32.0 Å². The van der Waals surface area contributed by atoms with Crippen LogP contribution in [0.5, 0.6) is 0 Å². The fourth-order valence-corrected chi connectivity index (χ4v) is 9.89. The Morgan fingerprint density at radius 1 is 0.464 bits per heavy atom. The maximum Gasteiger partial charge on any atom is 0.220 e. The van der Waals surface area contributed by atoms with Crippen LogP contribution < -0.4 is 5.32 Å². The fraction of sp³-hybridized carbons (Fsp3) is 0.982. The van der Waals surface area contributed by atoms with E-state index in [9.17, 15) is 45.6 Å². The van der Waals surface area contributed by atoms with Crippen molar-refractivity contribution in [2.75, 3.05) is 19.8 Å². The van der Waals surface area contributed by atoms with Crippen molar-refractivity contribution < 1.29 is 64.6 Å². The quantitative estimate of drug-likeness (QED) is 0.0260. The van der Waals surface area contributed by atoms with Gasteiger partial charge in [-0.15, -0.1) is 0 Å². The SMILES string of the molecule is CCCCCCCCCCCCCCCCCCCCCCCCC(=O)N[C@@H](CO[C@@H]1O[C@H](CO)[C@@H](O[C@@H]2O[C@H](CO)[C@H](O)C(O)C2O)C(O)C1O)[C@H](O)CCCCCCCCCCCCCCC. The second-order valence-corrected chi connectivity index (χ2v) is 20.8. The third-order valence-corrected chi connectivity index (χ3v) is 14.6. The summed E-state index contributed by atoms with van der Waals surface area (Å²) in [7, 11) is 0. The van der Waals surface area contributed by atoms with Crippen molar-refractivity contribution in [1.82, 2.24) is 5.32 Å². The Kier molecular flexibility index (Phi) is 39.4. The molecule has 2 heterocycles. The van der Waals surface area contributed by atoms with Gasteiger partial charge in [-0.1, -0.05) is 232 Å². The van der Waals surface area contributed by atoms with Crippen LogP contribution in [0.15, 0.2) is 0 Å². The van der Waals surface area contributed by atoms with E-state index in [0.717, 1.165) is 51.4 Å². The molecule has 2 aliphatic heterocycles. The standard InChI is InChI=1S/C55H107NO13/c1-3-5-7-9-11-13-15-17-18-19-20-21-22-23-24-25-27-29-31-33-35-37-39-47(60)56-43(44(59)38-36-34-32-30-28-26-16-14-12-10-8-6-4-2)42-66-54-52(65)50(63)53(46(41-58)68-54)69-55-51(64)49(62)48(61)45(40-57)67-55/h43-46,48-55,57-59,61-65H,3-42H2,1-2H3,(H,56,60)/t43-,44+,45+,46+,48-,49?,50?,51?,52?,53+,54+,55-/m0/s1. The van der Waals surface area contributed by atoms with E-state index < -0.39 is 86.8 Å². The molecule has 0 spiro atoms. The van der Waals surface area contributed by atoms with Gasteiger partial charge in [-0.2, -0.15) is 0 Å². The van der Waals surface area contributed by atoms with Crippen molar-refractivity contribution in [3.05, 3.63) is 0 Å². The molecule has 4 unspecified atom stereocenters. The molecule has 69 heavy (non-hydrogen) atoms. The van der Waals surface area contributed by atoms with Gasteiger partial charge in [0.25, 0.3) is 0 Å². The minimum absolute atomic E-state index is 0.201. The van der Waals surface area contributed by atoms with Crippen LogP contribution in [0.2, 0.25) is 0 Å². The number of ether oxygens (including phenoxy) is 4. The predicted octanol–water partition coefficient (Wildman–Crippen LogP) is 8.95. The normalized spacial score (nSPS) is 26.1. The maximum atomic E-state index is 13.2. The lowest BCUT2D eigenvalue weighted by Gasteiger charge is -2.46. The van der Waals surface area contributed by atoms with Gasteiger partial charge < -0.3 is 65.1 Å². The first-order valence-electron chi connectivity index (χ1n) is 28.8. The molecule has 2 fully saturated rings. The number of unbranched alkanes of at least 4 members (excludes halogenated alkanes) is 33. The minimum atomic E-state index is -1.78. The Hall–Kier alpha value is -1.01. The molecule has 14 heteroatoms. The molecule has 0 aromatic heterocycles. The zero-order valence-electron chi connectivity index (χ0n) is 43.8. The Morgan fingerprint density at radius 2 is 0.826 bits per heavy atom.